The van der Waals surface area contributed by atoms with Gasteiger partial charge in [-0.05, 0) is 103 Å². The van der Waals surface area contributed by atoms with Crippen molar-refractivity contribution in [1.82, 2.24) is 0 Å². The van der Waals surface area contributed by atoms with Crippen LogP contribution in [0, 0.1) is 0 Å². The smallest absolute Gasteiger partial charge is 0.306 e. The number of aliphatic carboxylic acids is 1. The van der Waals surface area contributed by atoms with Gasteiger partial charge in [-0.1, -0.05) is 406 Å². The molecule has 2 atom stereocenters. The van der Waals surface area contributed by atoms with Crippen molar-refractivity contribution in [3.05, 3.63) is 109 Å². The summed E-state index contributed by atoms with van der Waals surface area (Å²) in [6, 6.07) is 0. The zero-order valence-electron chi connectivity index (χ0n) is 68.4. The van der Waals surface area contributed by atoms with E-state index in [1.165, 1.54) is 295 Å². The molecule has 0 aromatic carbocycles. The standard InChI is InChI=1S/C94H167NO8/c1-6-8-10-12-14-16-18-20-22-24-26-28-30-32-34-36-38-40-42-44-45-46-47-49-51-53-55-57-59-61-63-65-67-69-71-73-75-77-79-81-83-85-92(97)103-90(89-102-94(93(98)99)100-87-86-95(3,4)5)88-101-91(96)84-82-80-78-76-74-72-70-68-66-64-62-60-58-56-54-52-50-48-43-41-39-37-35-33-31-29-27-25-23-21-19-17-15-13-11-9-7-2/h8,10,14,16,19-22,25-28,31-34,38,40,90,94H,6-7,9,11-13,15,17-18,23-24,29-30,35-37,39,41-89H2,1-5H3/b10-8-,16-14-,21-19-,22-20-,27-25-,28-26-,33-31-,34-32-,40-38-. The van der Waals surface area contributed by atoms with Crippen LogP contribution in [0.3, 0.4) is 0 Å². The summed E-state index contributed by atoms with van der Waals surface area (Å²) >= 11 is 0. The van der Waals surface area contributed by atoms with Gasteiger partial charge >= 0.3 is 11.9 Å². The van der Waals surface area contributed by atoms with E-state index < -0.39 is 24.3 Å². The van der Waals surface area contributed by atoms with Crippen LogP contribution in [0.5, 0.6) is 0 Å². The molecule has 103 heavy (non-hydrogen) atoms. The minimum absolute atomic E-state index is 0.148. The number of carboxylic acids is 1. The monoisotopic (exact) mass is 1440 g/mol. The van der Waals surface area contributed by atoms with E-state index in [4.69, 9.17) is 18.9 Å². The number of nitrogens with zero attached hydrogens (tertiary/aromatic N) is 1. The van der Waals surface area contributed by atoms with Gasteiger partial charge in [0, 0.05) is 12.8 Å². The molecule has 0 spiro atoms. The number of allylic oxidation sites excluding steroid dienone is 18. The highest BCUT2D eigenvalue weighted by Gasteiger charge is 2.22. The summed E-state index contributed by atoms with van der Waals surface area (Å²) in [6.45, 7) is 4.68. The maximum atomic E-state index is 13.0. The third-order valence-corrected chi connectivity index (χ3v) is 19.5. The summed E-state index contributed by atoms with van der Waals surface area (Å²) in [6.07, 6.45) is 115. The molecular formula is C94H167NO8. The van der Waals surface area contributed by atoms with E-state index in [2.05, 4.69) is 123 Å². The summed E-state index contributed by atoms with van der Waals surface area (Å²) in [5.74, 6) is -2.26. The Bertz CT molecular complexity index is 2070. The lowest BCUT2D eigenvalue weighted by Gasteiger charge is -2.26. The average molecular weight is 1440 g/mol. The topological polar surface area (TPSA) is 111 Å². The predicted molar refractivity (Wildman–Crippen MR) is 444 cm³/mol. The molecule has 0 aromatic rings. The summed E-state index contributed by atoms with van der Waals surface area (Å²) in [5.41, 5.74) is 0. The van der Waals surface area contributed by atoms with Gasteiger partial charge in [0.25, 0.3) is 0 Å². The Morgan fingerprint density at radius 2 is 0.553 bits per heavy atom. The zero-order chi connectivity index (χ0) is 74.6. The molecular weight excluding hydrogens is 1270 g/mol. The normalized spacial score (nSPS) is 13.1. The maximum Gasteiger partial charge on any atom is 0.306 e. The highest BCUT2D eigenvalue weighted by molar-refractivity contribution is 5.70. The lowest BCUT2D eigenvalue weighted by molar-refractivity contribution is -0.870. The molecule has 9 nitrogen and oxygen atoms in total. The molecule has 0 bridgehead atoms. The molecule has 596 valence electrons. The number of ether oxygens (including phenoxy) is 4. The van der Waals surface area contributed by atoms with Gasteiger partial charge in [0.2, 0.25) is 0 Å². The number of carboxylic acid groups (broad SMARTS) is 1. The Labute approximate surface area is 638 Å². The van der Waals surface area contributed by atoms with Gasteiger partial charge in [-0.25, -0.2) is 0 Å². The zero-order valence-corrected chi connectivity index (χ0v) is 68.4. The van der Waals surface area contributed by atoms with Crippen molar-refractivity contribution >= 4 is 17.9 Å². The average Bonchev–Trinajstić information content (AvgIpc) is 1.01. The number of carbonyl (C=O) groups excluding carboxylic acids is 3. The van der Waals surface area contributed by atoms with Crippen molar-refractivity contribution in [3.63, 3.8) is 0 Å². The molecule has 0 aliphatic rings. The van der Waals surface area contributed by atoms with Crippen LogP contribution in [0.4, 0.5) is 0 Å². The van der Waals surface area contributed by atoms with Crippen LogP contribution in [0.2, 0.25) is 0 Å². The van der Waals surface area contributed by atoms with Crippen LogP contribution in [0.25, 0.3) is 0 Å². The number of quaternary nitrogens is 1. The summed E-state index contributed by atoms with van der Waals surface area (Å²) in [4.78, 5) is 37.7. The highest BCUT2D eigenvalue weighted by atomic mass is 16.7. The molecule has 0 rings (SSSR count). The van der Waals surface area contributed by atoms with Crippen LogP contribution in [-0.4, -0.2) is 82.3 Å². The fourth-order valence-corrected chi connectivity index (χ4v) is 12.8. The minimum Gasteiger partial charge on any atom is -0.545 e. The van der Waals surface area contributed by atoms with E-state index in [-0.39, 0.29) is 32.2 Å². The molecule has 0 saturated heterocycles. The molecule has 0 fully saturated rings. The molecule has 0 aliphatic carbocycles. The minimum atomic E-state index is -1.62. The van der Waals surface area contributed by atoms with Crippen molar-refractivity contribution in [2.75, 3.05) is 47.5 Å². The lowest BCUT2D eigenvalue weighted by atomic mass is 10.0. The fraction of sp³-hybridized carbons (Fsp3) is 0.777. The van der Waals surface area contributed by atoms with Gasteiger partial charge in [0.05, 0.1) is 40.3 Å². The molecule has 0 saturated carbocycles. The molecule has 0 N–H and O–H groups in total. The summed E-state index contributed by atoms with van der Waals surface area (Å²) < 4.78 is 22.9. The molecule has 0 aromatic heterocycles. The molecule has 0 radical (unpaired) electrons. The number of esters is 2. The van der Waals surface area contributed by atoms with Crippen LogP contribution in [0.1, 0.15) is 412 Å². The molecule has 0 heterocycles. The number of likely N-dealkylation sites (N-methyl/N-ethyl adjacent to an activating group) is 1. The van der Waals surface area contributed by atoms with Gasteiger partial charge in [-0.3, -0.25) is 9.59 Å². The van der Waals surface area contributed by atoms with Gasteiger partial charge in [0.15, 0.2) is 12.4 Å². The number of rotatable bonds is 82. The number of hydrogen-bond acceptors (Lipinski definition) is 8. The van der Waals surface area contributed by atoms with Crippen molar-refractivity contribution in [3.8, 4) is 0 Å². The van der Waals surface area contributed by atoms with E-state index in [1.807, 2.05) is 21.1 Å². The largest absolute Gasteiger partial charge is 0.545 e. The fourth-order valence-electron chi connectivity index (χ4n) is 12.8. The van der Waals surface area contributed by atoms with Crippen molar-refractivity contribution in [2.24, 2.45) is 0 Å². The second kappa shape index (κ2) is 83.6. The second-order valence-electron chi connectivity index (χ2n) is 30.8. The van der Waals surface area contributed by atoms with Crippen LogP contribution < -0.4 is 5.11 Å². The molecule has 0 amide bonds. The maximum absolute atomic E-state index is 13.0. The Balaban J connectivity index is 3.94. The Morgan fingerprint density at radius 1 is 0.301 bits per heavy atom. The molecule has 2 unspecified atom stereocenters. The van der Waals surface area contributed by atoms with Crippen molar-refractivity contribution in [1.29, 1.82) is 0 Å². The van der Waals surface area contributed by atoms with E-state index in [0.29, 0.717) is 23.9 Å². The van der Waals surface area contributed by atoms with Crippen molar-refractivity contribution in [2.45, 2.75) is 424 Å². The number of unbranched alkanes of at least 4 members (excludes halogenated alkanes) is 49. The first-order valence-electron chi connectivity index (χ1n) is 44.0. The second-order valence-corrected chi connectivity index (χ2v) is 30.8. The Morgan fingerprint density at radius 3 is 0.825 bits per heavy atom. The Hall–Kier alpha value is -4.05. The molecule has 9 heteroatoms. The third-order valence-electron chi connectivity index (χ3n) is 19.5. The van der Waals surface area contributed by atoms with Crippen LogP contribution in [0.15, 0.2) is 109 Å². The van der Waals surface area contributed by atoms with E-state index >= 15 is 0 Å². The Kier molecular flexibility index (Phi) is 80.3. The quantitative estimate of drug-likeness (QED) is 0.0195. The van der Waals surface area contributed by atoms with Gasteiger partial charge in [-0.15, -0.1) is 0 Å². The highest BCUT2D eigenvalue weighted by Crippen LogP contribution is 2.20. The van der Waals surface area contributed by atoms with Crippen LogP contribution in [-0.2, 0) is 33.3 Å². The first-order valence-corrected chi connectivity index (χ1v) is 44.0. The SMILES string of the molecule is CC/C=C\C/C=C\C/C=C\C/C=C\C/C=C\C/C=C\CCCCCCCCCCCCCCCCCCCCCCCCC(=O)OC(COC(=O)CCCCCCCCCCCCCCCCCCCCCCCC/C=C\C/C=C\C/C=C\CCCCCCC)COC(OCC[N+](C)(C)C)C(=O)[O-]. The summed E-state index contributed by atoms with van der Waals surface area (Å²) in [5, 5.41) is 11.9. The number of hydrogen-bond donors (Lipinski definition) is 0. The van der Waals surface area contributed by atoms with Gasteiger partial charge < -0.3 is 33.3 Å². The third kappa shape index (κ3) is 85.1. The van der Waals surface area contributed by atoms with Crippen LogP contribution >= 0.6 is 0 Å². The van der Waals surface area contributed by atoms with Gasteiger partial charge in [-0.2, -0.15) is 0 Å². The molecule has 0 aliphatic heterocycles. The lowest BCUT2D eigenvalue weighted by Crippen LogP contribution is -2.44. The van der Waals surface area contributed by atoms with E-state index in [9.17, 15) is 19.5 Å². The first kappa shape index (κ1) is 98.9. The summed E-state index contributed by atoms with van der Waals surface area (Å²) in [7, 11) is 5.95. The predicted octanol–water partition coefficient (Wildman–Crippen LogP) is 27.5. The van der Waals surface area contributed by atoms with E-state index in [1.54, 1.807) is 0 Å². The van der Waals surface area contributed by atoms with Gasteiger partial charge in [0.1, 0.15) is 13.2 Å². The van der Waals surface area contributed by atoms with Crippen molar-refractivity contribution < 1.29 is 42.9 Å². The van der Waals surface area contributed by atoms with E-state index in [0.717, 1.165) is 83.5 Å². The number of carbonyl (C=O) groups is 3. The first-order chi connectivity index (χ1) is 50.6.